The summed E-state index contributed by atoms with van der Waals surface area (Å²) in [7, 11) is 0. The molecule has 9 heteroatoms. The number of rotatable bonds is 9. The lowest BCUT2D eigenvalue weighted by molar-refractivity contribution is -0.142. The van der Waals surface area contributed by atoms with Gasteiger partial charge in [-0.1, -0.05) is 48.2 Å². The summed E-state index contributed by atoms with van der Waals surface area (Å²) >= 11 is 1.25. The summed E-state index contributed by atoms with van der Waals surface area (Å²) in [5.74, 6) is -0.135. The van der Waals surface area contributed by atoms with Crippen molar-refractivity contribution in [1.82, 2.24) is 14.8 Å². The number of benzene rings is 2. The number of carbonyl (C=O) groups excluding carboxylic acids is 2. The molecule has 3 aromatic rings. The molecule has 8 nitrogen and oxygen atoms in total. The SMILES string of the molecule is CCOC(=O)Cc1nnc(SC(C)C(=O)Nc2cccc(C#N)c2)n1Cc1ccccc1. The van der Waals surface area contributed by atoms with Gasteiger partial charge in [-0.15, -0.1) is 10.2 Å². The van der Waals surface area contributed by atoms with E-state index in [0.717, 1.165) is 5.56 Å². The Morgan fingerprint density at radius 2 is 1.97 bits per heavy atom. The molecule has 0 saturated carbocycles. The molecule has 0 spiro atoms. The molecule has 3 rings (SSSR count). The van der Waals surface area contributed by atoms with Crippen LogP contribution in [0.3, 0.4) is 0 Å². The minimum Gasteiger partial charge on any atom is -0.466 e. The van der Waals surface area contributed by atoms with Gasteiger partial charge in [0, 0.05) is 5.69 Å². The number of nitrogens with one attached hydrogen (secondary N) is 1. The van der Waals surface area contributed by atoms with Crippen LogP contribution in [0.1, 0.15) is 30.8 Å². The van der Waals surface area contributed by atoms with Crippen LogP contribution in [0.15, 0.2) is 59.8 Å². The number of hydrogen-bond donors (Lipinski definition) is 1. The molecule has 0 aliphatic rings. The minimum atomic E-state index is -0.491. The predicted octanol–water partition coefficient (Wildman–Crippen LogP) is 3.42. The molecule has 1 heterocycles. The quantitative estimate of drug-likeness (QED) is 0.394. The van der Waals surface area contributed by atoms with E-state index in [1.807, 2.05) is 34.9 Å². The molecular weight excluding hydrogens is 426 g/mol. The van der Waals surface area contributed by atoms with Crippen LogP contribution in [0, 0.1) is 11.3 Å². The molecule has 1 aromatic heterocycles. The number of nitriles is 1. The number of ether oxygens (including phenoxy) is 1. The third-order valence-electron chi connectivity index (χ3n) is 4.50. The maximum Gasteiger partial charge on any atom is 0.313 e. The molecule has 0 bridgehead atoms. The van der Waals surface area contributed by atoms with Crippen LogP contribution < -0.4 is 5.32 Å². The van der Waals surface area contributed by atoms with Crippen LogP contribution in [0.4, 0.5) is 5.69 Å². The third kappa shape index (κ3) is 6.18. The van der Waals surface area contributed by atoms with Gasteiger partial charge in [-0.2, -0.15) is 5.26 Å². The lowest BCUT2D eigenvalue weighted by atomic mass is 10.2. The zero-order valence-corrected chi connectivity index (χ0v) is 18.6. The highest BCUT2D eigenvalue weighted by atomic mass is 32.2. The first-order chi connectivity index (χ1) is 15.5. The number of esters is 1. The molecule has 32 heavy (non-hydrogen) atoms. The van der Waals surface area contributed by atoms with Crippen molar-refractivity contribution in [2.75, 3.05) is 11.9 Å². The number of carbonyl (C=O) groups is 2. The van der Waals surface area contributed by atoms with Gasteiger partial charge in [0.15, 0.2) is 5.16 Å². The van der Waals surface area contributed by atoms with Crippen LogP contribution >= 0.6 is 11.8 Å². The highest BCUT2D eigenvalue weighted by Crippen LogP contribution is 2.25. The molecule has 0 radical (unpaired) electrons. The predicted molar refractivity (Wildman–Crippen MR) is 121 cm³/mol. The number of aromatic nitrogens is 3. The van der Waals surface area contributed by atoms with Gasteiger partial charge in [0.1, 0.15) is 12.2 Å². The van der Waals surface area contributed by atoms with Crippen LogP contribution in [0.2, 0.25) is 0 Å². The van der Waals surface area contributed by atoms with E-state index in [2.05, 4.69) is 21.6 Å². The molecule has 0 aliphatic heterocycles. The van der Waals surface area contributed by atoms with E-state index in [1.165, 1.54) is 11.8 Å². The second kappa shape index (κ2) is 11.1. The lowest BCUT2D eigenvalue weighted by Gasteiger charge is -2.14. The van der Waals surface area contributed by atoms with E-state index >= 15 is 0 Å². The average Bonchev–Trinajstić information content (AvgIpc) is 3.15. The van der Waals surface area contributed by atoms with E-state index in [0.29, 0.717) is 28.8 Å². The maximum absolute atomic E-state index is 12.7. The van der Waals surface area contributed by atoms with Crippen molar-refractivity contribution in [2.24, 2.45) is 0 Å². The Bertz CT molecular complexity index is 1120. The van der Waals surface area contributed by atoms with Crippen molar-refractivity contribution in [3.63, 3.8) is 0 Å². The zero-order chi connectivity index (χ0) is 22.9. The Kier molecular flexibility index (Phi) is 8.00. The molecule has 0 aliphatic carbocycles. The standard InChI is InChI=1S/C23H23N5O3S/c1-3-31-21(29)13-20-26-27-23(28(20)15-17-8-5-4-6-9-17)32-16(2)22(30)25-19-11-7-10-18(12-19)14-24/h4-12,16H,3,13,15H2,1-2H3,(H,25,30). The van der Waals surface area contributed by atoms with Crippen molar-refractivity contribution in [2.45, 2.75) is 37.2 Å². The normalized spacial score (nSPS) is 11.4. The Morgan fingerprint density at radius 3 is 2.69 bits per heavy atom. The molecular formula is C23H23N5O3S. The Balaban J connectivity index is 1.77. The molecule has 1 atom stereocenters. The summed E-state index contributed by atoms with van der Waals surface area (Å²) in [5.41, 5.74) is 2.04. The number of thioether (sulfide) groups is 1. The molecule has 1 amide bonds. The summed E-state index contributed by atoms with van der Waals surface area (Å²) < 4.78 is 6.88. The van der Waals surface area contributed by atoms with Gasteiger partial charge < -0.3 is 14.6 Å². The van der Waals surface area contributed by atoms with Gasteiger partial charge in [-0.3, -0.25) is 9.59 Å². The Hall–Kier alpha value is -3.64. The molecule has 0 fully saturated rings. The van der Waals surface area contributed by atoms with Crippen LogP contribution in [0.25, 0.3) is 0 Å². The first kappa shape index (κ1) is 23.0. The van der Waals surface area contributed by atoms with Crippen LogP contribution in [-0.4, -0.2) is 38.5 Å². The fourth-order valence-electron chi connectivity index (χ4n) is 2.92. The summed E-state index contributed by atoms with van der Waals surface area (Å²) in [6.45, 7) is 4.27. The first-order valence-corrected chi connectivity index (χ1v) is 11.0. The van der Waals surface area contributed by atoms with Crippen molar-refractivity contribution in [3.05, 3.63) is 71.5 Å². The minimum absolute atomic E-state index is 0.00420. The number of amides is 1. The second-order valence-corrected chi connectivity index (χ2v) is 8.20. The topological polar surface area (TPSA) is 110 Å². The van der Waals surface area contributed by atoms with Crippen LogP contribution in [-0.2, 0) is 27.3 Å². The van der Waals surface area contributed by atoms with E-state index in [1.54, 1.807) is 38.1 Å². The Labute approximate surface area is 190 Å². The van der Waals surface area contributed by atoms with E-state index in [-0.39, 0.29) is 24.9 Å². The monoisotopic (exact) mass is 449 g/mol. The fraction of sp³-hybridized carbons (Fsp3) is 0.261. The van der Waals surface area contributed by atoms with E-state index in [4.69, 9.17) is 10.00 Å². The number of nitrogens with zero attached hydrogens (tertiary/aromatic N) is 4. The van der Waals surface area contributed by atoms with E-state index in [9.17, 15) is 9.59 Å². The molecule has 2 aromatic carbocycles. The van der Waals surface area contributed by atoms with Gasteiger partial charge in [0.25, 0.3) is 0 Å². The first-order valence-electron chi connectivity index (χ1n) is 10.1. The molecule has 0 saturated heterocycles. The molecule has 164 valence electrons. The van der Waals surface area contributed by atoms with Gasteiger partial charge >= 0.3 is 5.97 Å². The largest absolute Gasteiger partial charge is 0.466 e. The summed E-state index contributed by atoms with van der Waals surface area (Å²) in [6.07, 6.45) is -0.00420. The summed E-state index contributed by atoms with van der Waals surface area (Å²) in [5, 5.41) is 20.3. The number of anilines is 1. The highest BCUT2D eigenvalue weighted by molar-refractivity contribution is 8.00. The highest BCUT2D eigenvalue weighted by Gasteiger charge is 2.22. The zero-order valence-electron chi connectivity index (χ0n) is 17.8. The Morgan fingerprint density at radius 1 is 1.19 bits per heavy atom. The molecule has 1 unspecified atom stereocenters. The number of hydrogen-bond acceptors (Lipinski definition) is 7. The van der Waals surface area contributed by atoms with Crippen LogP contribution in [0.5, 0.6) is 0 Å². The van der Waals surface area contributed by atoms with Crippen molar-refractivity contribution in [1.29, 1.82) is 5.26 Å². The third-order valence-corrected chi connectivity index (χ3v) is 5.58. The van der Waals surface area contributed by atoms with E-state index < -0.39 is 5.25 Å². The van der Waals surface area contributed by atoms with Gasteiger partial charge in [-0.25, -0.2) is 0 Å². The maximum atomic E-state index is 12.7. The van der Waals surface area contributed by atoms with Gasteiger partial charge in [0.2, 0.25) is 5.91 Å². The van der Waals surface area contributed by atoms with Gasteiger partial charge in [0.05, 0.1) is 30.0 Å². The summed E-state index contributed by atoms with van der Waals surface area (Å²) in [6, 6.07) is 18.5. The lowest BCUT2D eigenvalue weighted by Crippen LogP contribution is -2.23. The fourth-order valence-corrected chi connectivity index (χ4v) is 3.79. The molecule has 1 N–H and O–H groups in total. The van der Waals surface area contributed by atoms with Gasteiger partial charge in [-0.05, 0) is 37.6 Å². The van der Waals surface area contributed by atoms with Crippen molar-refractivity contribution in [3.8, 4) is 6.07 Å². The van der Waals surface area contributed by atoms with Crippen molar-refractivity contribution >= 4 is 29.3 Å². The smallest absolute Gasteiger partial charge is 0.313 e. The van der Waals surface area contributed by atoms with Crippen molar-refractivity contribution < 1.29 is 14.3 Å². The average molecular weight is 450 g/mol. The summed E-state index contributed by atoms with van der Waals surface area (Å²) in [4.78, 5) is 24.7. The second-order valence-electron chi connectivity index (χ2n) is 6.89.